The molecule has 1 unspecified atom stereocenters. The molecule has 0 amide bonds. The number of benzene rings is 2. The van der Waals surface area contributed by atoms with Crippen LogP contribution in [0.15, 0.2) is 84.6 Å². The Balaban J connectivity index is 0.00000267. The van der Waals surface area contributed by atoms with E-state index in [-0.39, 0.29) is 23.0 Å². The minimum atomic E-state index is 0. The zero-order valence-corrected chi connectivity index (χ0v) is 21.4. The smallest absolute Gasteiger partial charge is 0.141 e. The summed E-state index contributed by atoms with van der Waals surface area (Å²) in [5, 5.41) is 11.9. The largest absolute Gasteiger partial charge is 0.341 e. The van der Waals surface area contributed by atoms with Crippen molar-refractivity contribution in [2.24, 2.45) is 5.10 Å². The third-order valence-corrected chi connectivity index (χ3v) is 6.51. The summed E-state index contributed by atoms with van der Waals surface area (Å²) in [5.41, 5.74) is 6.90. The molecule has 1 N–H and O–H groups in total. The van der Waals surface area contributed by atoms with Crippen LogP contribution in [-0.2, 0) is 19.5 Å². The predicted molar refractivity (Wildman–Crippen MR) is 145 cm³/mol. The fraction of sp³-hybridized carbons (Fsp3) is 0.222. The SMILES string of the molecule is Br.C(=N\n1cnnc1)/c1ccc(CN(Cc2nc3ccccc3[nH]2)C2CCCc3cccnc32)cc1. The lowest BCUT2D eigenvalue weighted by atomic mass is 9.90. The van der Waals surface area contributed by atoms with Crippen molar-refractivity contribution in [1.82, 2.24) is 34.7 Å². The lowest BCUT2D eigenvalue weighted by Crippen LogP contribution is -2.31. The Morgan fingerprint density at radius 3 is 2.67 bits per heavy atom. The highest BCUT2D eigenvalue weighted by molar-refractivity contribution is 8.93. The van der Waals surface area contributed by atoms with E-state index in [1.807, 2.05) is 24.4 Å². The molecule has 8 nitrogen and oxygen atoms in total. The van der Waals surface area contributed by atoms with Gasteiger partial charge in [-0.05, 0) is 54.2 Å². The third-order valence-electron chi connectivity index (χ3n) is 6.51. The Labute approximate surface area is 219 Å². The van der Waals surface area contributed by atoms with Gasteiger partial charge in [0.25, 0.3) is 0 Å². The van der Waals surface area contributed by atoms with Crippen molar-refractivity contribution in [1.29, 1.82) is 0 Å². The molecule has 0 aliphatic heterocycles. The van der Waals surface area contributed by atoms with Crippen molar-refractivity contribution in [3.63, 3.8) is 0 Å². The van der Waals surface area contributed by atoms with Crippen molar-refractivity contribution < 1.29 is 0 Å². The van der Waals surface area contributed by atoms with Gasteiger partial charge in [-0.15, -0.1) is 27.2 Å². The number of hydrogen-bond acceptors (Lipinski definition) is 6. The summed E-state index contributed by atoms with van der Waals surface area (Å²) in [6.45, 7) is 1.53. The standard InChI is InChI=1S/C27H26N8.BrH/c1-2-8-24-23(7-1)32-26(33-24)17-34(25-9-3-5-22-6-4-14-28-27(22)25)16-21-12-10-20(11-13-21)15-31-35-18-29-30-19-35;/h1-2,4,6-8,10-15,18-19,25H,3,5,9,16-17H2,(H,32,33);1H/b31-15+;. The zero-order valence-electron chi connectivity index (χ0n) is 19.7. The Morgan fingerprint density at radius 1 is 1.00 bits per heavy atom. The van der Waals surface area contributed by atoms with Gasteiger partial charge in [0.2, 0.25) is 0 Å². The van der Waals surface area contributed by atoms with Gasteiger partial charge in [0, 0.05) is 12.7 Å². The van der Waals surface area contributed by atoms with Crippen LogP contribution in [0.1, 0.15) is 47.1 Å². The topological polar surface area (TPSA) is 87.9 Å². The minimum absolute atomic E-state index is 0. The quantitative estimate of drug-likeness (QED) is 0.289. The summed E-state index contributed by atoms with van der Waals surface area (Å²) >= 11 is 0. The Bertz CT molecular complexity index is 1410. The van der Waals surface area contributed by atoms with Gasteiger partial charge >= 0.3 is 0 Å². The zero-order chi connectivity index (χ0) is 23.5. The summed E-state index contributed by atoms with van der Waals surface area (Å²) in [5.74, 6) is 0.979. The van der Waals surface area contributed by atoms with Gasteiger partial charge in [-0.2, -0.15) is 5.10 Å². The predicted octanol–water partition coefficient (Wildman–Crippen LogP) is 5.09. The maximum Gasteiger partial charge on any atom is 0.141 e. The second-order valence-corrected chi connectivity index (χ2v) is 8.89. The first-order chi connectivity index (χ1) is 17.3. The summed E-state index contributed by atoms with van der Waals surface area (Å²) < 4.78 is 1.58. The molecule has 3 heterocycles. The van der Waals surface area contributed by atoms with Crippen LogP contribution in [0.2, 0.25) is 0 Å². The van der Waals surface area contributed by atoms with E-state index < -0.39 is 0 Å². The average Bonchev–Trinajstić information content (AvgIpc) is 3.57. The van der Waals surface area contributed by atoms with Gasteiger partial charge in [-0.1, -0.05) is 42.5 Å². The number of pyridine rings is 1. The van der Waals surface area contributed by atoms with Crippen LogP contribution in [0.3, 0.4) is 0 Å². The fourth-order valence-corrected chi connectivity index (χ4v) is 4.82. The molecule has 0 saturated heterocycles. The van der Waals surface area contributed by atoms with Crippen LogP contribution in [0, 0.1) is 0 Å². The molecular formula is C27H27BrN8. The highest BCUT2D eigenvalue weighted by Crippen LogP contribution is 2.34. The molecule has 0 bridgehead atoms. The lowest BCUT2D eigenvalue weighted by Gasteiger charge is -2.34. The highest BCUT2D eigenvalue weighted by atomic mass is 79.9. The van der Waals surface area contributed by atoms with Crippen LogP contribution in [0.5, 0.6) is 0 Å². The van der Waals surface area contributed by atoms with Crippen LogP contribution in [-0.4, -0.2) is 40.9 Å². The summed E-state index contributed by atoms with van der Waals surface area (Å²) in [4.78, 5) is 15.7. The first kappa shape index (κ1) is 24.0. The molecule has 1 aliphatic rings. The van der Waals surface area contributed by atoms with Gasteiger partial charge in [-0.3, -0.25) is 9.88 Å². The number of fused-ring (bicyclic) bond motifs is 2. The number of halogens is 1. The van der Waals surface area contributed by atoms with Crippen molar-refractivity contribution in [3.8, 4) is 0 Å². The molecule has 0 spiro atoms. The van der Waals surface area contributed by atoms with Crippen LogP contribution in [0.25, 0.3) is 11.0 Å². The molecule has 9 heteroatoms. The Morgan fingerprint density at radius 2 is 1.83 bits per heavy atom. The van der Waals surface area contributed by atoms with E-state index in [1.165, 1.54) is 23.2 Å². The second-order valence-electron chi connectivity index (χ2n) is 8.89. The molecule has 182 valence electrons. The molecule has 1 atom stereocenters. The van der Waals surface area contributed by atoms with E-state index in [2.05, 4.69) is 67.6 Å². The molecule has 5 aromatic rings. The Kier molecular flexibility index (Phi) is 7.29. The van der Waals surface area contributed by atoms with E-state index in [0.29, 0.717) is 0 Å². The molecule has 0 saturated carbocycles. The van der Waals surface area contributed by atoms with Crippen molar-refractivity contribution in [2.75, 3.05) is 0 Å². The molecule has 36 heavy (non-hydrogen) atoms. The summed E-state index contributed by atoms with van der Waals surface area (Å²) in [7, 11) is 0. The number of aromatic nitrogens is 6. The van der Waals surface area contributed by atoms with Crippen LogP contribution < -0.4 is 0 Å². The van der Waals surface area contributed by atoms with Crippen LogP contribution >= 0.6 is 17.0 Å². The first-order valence-corrected chi connectivity index (χ1v) is 11.9. The molecular weight excluding hydrogens is 516 g/mol. The van der Waals surface area contributed by atoms with Gasteiger partial charge in [0.1, 0.15) is 18.5 Å². The lowest BCUT2D eigenvalue weighted by molar-refractivity contribution is 0.153. The molecule has 2 aromatic carbocycles. The monoisotopic (exact) mass is 542 g/mol. The van der Waals surface area contributed by atoms with E-state index in [9.17, 15) is 0 Å². The normalized spacial score (nSPS) is 15.3. The molecule has 3 aromatic heterocycles. The minimum Gasteiger partial charge on any atom is -0.341 e. The number of nitrogens with zero attached hydrogens (tertiary/aromatic N) is 7. The summed E-state index contributed by atoms with van der Waals surface area (Å²) in [6, 6.07) is 21.2. The molecule has 0 radical (unpaired) electrons. The highest BCUT2D eigenvalue weighted by Gasteiger charge is 2.28. The molecule has 6 rings (SSSR count). The van der Waals surface area contributed by atoms with Gasteiger partial charge < -0.3 is 4.98 Å². The Hall–Kier alpha value is -3.69. The maximum atomic E-state index is 4.86. The number of rotatable bonds is 7. The van der Waals surface area contributed by atoms with Gasteiger partial charge in [0.15, 0.2) is 0 Å². The summed E-state index contributed by atoms with van der Waals surface area (Å²) in [6.07, 6.45) is 10.2. The number of H-pyrrole nitrogens is 1. The molecule has 0 fully saturated rings. The molecule has 1 aliphatic carbocycles. The van der Waals surface area contributed by atoms with E-state index in [4.69, 9.17) is 9.97 Å². The number of para-hydroxylation sites is 2. The van der Waals surface area contributed by atoms with Crippen LogP contribution in [0.4, 0.5) is 0 Å². The van der Waals surface area contributed by atoms with Crippen molar-refractivity contribution >= 4 is 34.2 Å². The average molecular weight is 543 g/mol. The number of hydrogen-bond donors (Lipinski definition) is 1. The first-order valence-electron chi connectivity index (χ1n) is 11.9. The number of aromatic amines is 1. The van der Waals surface area contributed by atoms with E-state index in [1.54, 1.807) is 23.5 Å². The maximum absolute atomic E-state index is 4.86. The fourth-order valence-electron chi connectivity index (χ4n) is 4.82. The van der Waals surface area contributed by atoms with Gasteiger partial charge in [0.05, 0.1) is 35.5 Å². The number of aryl methyl sites for hydroxylation is 1. The number of imidazole rings is 1. The van der Waals surface area contributed by atoms with E-state index in [0.717, 1.165) is 48.4 Å². The third kappa shape index (κ3) is 5.27. The number of nitrogens with one attached hydrogen (secondary N) is 1. The second kappa shape index (κ2) is 10.9. The van der Waals surface area contributed by atoms with Gasteiger partial charge in [-0.25, -0.2) is 9.66 Å². The van der Waals surface area contributed by atoms with Crippen molar-refractivity contribution in [2.45, 2.75) is 38.4 Å². The van der Waals surface area contributed by atoms with E-state index >= 15 is 0 Å². The van der Waals surface area contributed by atoms with Crippen molar-refractivity contribution in [3.05, 3.63) is 108 Å².